The number of nitrogens with zero attached hydrogens (tertiary/aromatic N) is 1. The van der Waals surface area contributed by atoms with Crippen molar-refractivity contribution in [2.24, 2.45) is 17.6 Å². The van der Waals surface area contributed by atoms with Crippen LogP contribution in [-0.2, 0) is 4.74 Å². The maximum Gasteiger partial charge on any atom is 0.0513 e. The van der Waals surface area contributed by atoms with Gasteiger partial charge in [0.2, 0.25) is 0 Å². The highest BCUT2D eigenvalue weighted by atomic mass is 16.5. The van der Waals surface area contributed by atoms with Crippen molar-refractivity contribution in [1.82, 2.24) is 4.90 Å². The van der Waals surface area contributed by atoms with Gasteiger partial charge in [-0.05, 0) is 39.2 Å². The lowest BCUT2D eigenvalue weighted by Crippen LogP contribution is -2.56. The Hall–Kier alpha value is -0.120. The number of hydrogen-bond donors (Lipinski definition) is 1. The van der Waals surface area contributed by atoms with Gasteiger partial charge in [-0.15, -0.1) is 0 Å². The lowest BCUT2D eigenvalue weighted by atomic mass is 9.80. The van der Waals surface area contributed by atoms with E-state index in [4.69, 9.17) is 10.5 Å². The summed E-state index contributed by atoms with van der Waals surface area (Å²) in [5.74, 6) is 1.53. The van der Waals surface area contributed by atoms with Gasteiger partial charge in [0.25, 0.3) is 0 Å². The second-order valence-corrected chi connectivity index (χ2v) is 5.80. The Labute approximate surface area is 99.3 Å². The number of likely N-dealkylation sites (N-methyl/N-ethyl adjacent to an activating group) is 1. The van der Waals surface area contributed by atoms with Gasteiger partial charge in [-0.25, -0.2) is 0 Å². The van der Waals surface area contributed by atoms with Gasteiger partial charge in [-0.3, -0.25) is 4.90 Å². The van der Waals surface area contributed by atoms with E-state index >= 15 is 0 Å². The predicted octanol–water partition coefficient (Wildman–Crippen LogP) is 1.47. The van der Waals surface area contributed by atoms with Crippen molar-refractivity contribution in [3.05, 3.63) is 0 Å². The molecular weight excluding hydrogens is 200 g/mol. The summed E-state index contributed by atoms with van der Waals surface area (Å²) < 4.78 is 5.52. The van der Waals surface area contributed by atoms with Crippen LogP contribution in [0.5, 0.6) is 0 Å². The molecule has 1 aliphatic heterocycles. The van der Waals surface area contributed by atoms with Gasteiger partial charge in [0.1, 0.15) is 0 Å². The molecule has 3 heteroatoms. The Morgan fingerprint density at radius 3 is 2.56 bits per heavy atom. The molecule has 0 radical (unpaired) electrons. The van der Waals surface area contributed by atoms with Gasteiger partial charge < -0.3 is 10.5 Å². The van der Waals surface area contributed by atoms with Crippen molar-refractivity contribution in [3.8, 4) is 0 Å². The topological polar surface area (TPSA) is 38.5 Å². The molecule has 1 saturated heterocycles. The number of ether oxygens (including phenoxy) is 1. The normalized spacial score (nSPS) is 30.4. The van der Waals surface area contributed by atoms with Crippen LogP contribution in [0.3, 0.4) is 0 Å². The first-order valence-corrected chi connectivity index (χ1v) is 6.66. The van der Waals surface area contributed by atoms with Gasteiger partial charge in [-0.2, -0.15) is 0 Å². The first-order valence-electron chi connectivity index (χ1n) is 6.66. The van der Waals surface area contributed by atoms with Crippen LogP contribution >= 0.6 is 0 Å². The third-order valence-corrected chi connectivity index (χ3v) is 4.85. The minimum Gasteiger partial charge on any atom is -0.381 e. The largest absolute Gasteiger partial charge is 0.381 e. The molecular formula is C13H26N2O. The van der Waals surface area contributed by atoms with Crippen LogP contribution in [0.15, 0.2) is 0 Å². The van der Waals surface area contributed by atoms with E-state index in [2.05, 4.69) is 18.9 Å². The van der Waals surface area contributed by atoms with Crippen LogP contribution in [0.25, 0.3) is 0 Å². The van der Waals surface area contributed by atoms with Crippen LogP contribution in [-0.4, -0.2) is 43.8 Å². The number of hydrogen-bond acceptors (Lipinski definition) is 3. The zero-order chi connectivity index (χ0) is 11.6. The molecule has 0 amide bonds. The van der Waals surface area contributed by atoms with Gasteiger partial charge in [0.05, 0.1) is 6.61 Å². The highest BCUT2D eigenvalue weighted by Crippen LogP contribution is 2.33. The molecule has 0 aromatic carbocycles. The second-order valence-electron chi connectivity index (χ2n) is 5.80. The molecule has 0 aromatic rings. The Morgan fingerprint density at radius 1 is 1.38 bits per heavy atom. The first-order chi connectivity index (χ1) is 7.66. The molecule has 2 atom stereocenters. The maximum absolute atomic E-state index is 6.03. The zero-order valence-electron chi connectivity index (χ0n) is 10.7. The molecule has 2 unspecified atom stereocenters. The van der Waals surface area contributed by atoms with Crippen molar-refractivity contribution in [2.75, 3.05) is 33.4 Å². The first kappa shape index (κ1) is 12.3. The van der Waals surface area contributed by atoms with E-state index in [0.29, 0.717) is 5.92 Å². The van der Waals surface area contributed by atoms with E-state index in [0.717, 1.165) is 25.7 Å². The average molecular weight is 226 g/mol. The van der Waals surface area contributed by atoms with E-state index in [9.17, 15) is 0 Å². The molecule has 2 N–H and O–H groups in total. The molecule has 2 fully saturated rings. The SMILES string of the molecule is CN(CC1CCC1)C(C)(CN)C1CCOC1. The van der Waals surface area contributed by atoms with Gasteiger partial charge >= 0.3 is 0 Å². The number of nitrogens with two attached hydrogens (primary N) is 1. The van der Waals surface area contributed by atoms with Crippen molar-refractivity contribution in [1.29, 1.82) is 0 Å². The fourth-order valence-electron chi connectivity index (χ4n) is 2.93. The summed E-state index contributed by atoms with van der Waals surface area (Å²) >= 11 is 0. The van der Waals surface area contributed by atoms with E-state index in [1.54, 1.807) is 0 Å². The van der Waals surface area contributed by atoms with Gasteiger partial charge in [0.15, 0.2) is 0 Å². The highest BCUT2D eigenvalue weighted by Gasteiger charge is 2.39. The van der Waals surface area contributed by atoms with Crippen LogP contribution in [0.2, 0.25) is 0 Å². The summed E-state index contributed by atoms with van der Waals surface area (Å²) in [6.45, 7) is 6.07. The van der Waals surface area contributed by atoms with Crippen LogP contribution < -0.4 is 5.73 Å². The minimum atomic E-state index is 0.131. The van der Waals surface area contributed by atoms with E-state index < -0.39 is 0 Å². The molecule has 0 bridgehead atoms. The van der Waals surface area contributed by atoms with Gasteiger partial charge in [-0.1, -0.05) is 6.42 Å². The third-order valence-electron chi connectivity index (χ3n) is 4.85. The Bertz CT molecular complexity index is 224. The molecule has 94 valence electrons. The van der Waals surface area contributed by atoms with Gasteiger partial charge in [0, 0.05) is 31.2 Å². The summed E-state index contributed by atoms with van der Waals surface area (Å²) in [7, 11) is 2.24. The third kappa shape index (κ3) is 2.27. The summed E-state index contributed by atoms with van der Waals surface area (Å²) in [4.78, 5) is 2.50. The molecule has 1 aliphatic carbocycles. The van der Waals surface area contributed by atoms with Crippen molar-refractivity contribution < 1.29 is 4.74 Å². The molecule has 16 heavy (non-hydrogen) atoms. The molecule has 3 nitrogen and oxygen atoms in total. The predicted molar refractivity (Wildman–Crippen MR) is 66.4 cm³/mol. The quantitative estimate of drug-likeness (QED) is 0.771. The molecule has 1 heterocycles. The maximum atomic E-state index is 6.03. The molecule has 0 spiro atoms. The van der Waals surface area contributed by atoms with E-state index in [-0.39, 0.29) is 5.54 Å². The second kappa shape index (κ2) is 5.03. The van der Waals surface area contributed by atoms with E-state index in [1.165, 1.54) is 32.2 Å². The lowest BCUT2D eigenvalue weighted by molar-refractivity contribution is 0.0430. The van der Waals surface area contributed by atoms with Crippen LogP contribution in [0, 0.1) is 11.8 Å². The average Bonchev–Trinajstić information content (AvgIpc) is 2.75. The highest BCUT2D eigenvalue weighted by molar-refractivity contribution is 4.95. The van der Waals surface area contributed by atoms with E-state index in [1.807, 2.05) is 0 Å². The molecule has 2 rings (SSSR count). The molecule has 2 aliphatic rings. The number of rotatable bonds is 5. The summed E-state index contributed by atoms with van der Waals surface area (Å²) in [6, 6.07) is 0. The monoisotopic (exact) mass is 226 g/mol. The fourth-order valence-corrected chi connectivity index (χ4v) is 2.93. The molecule has 0 aromatic heterocycles. The zero-order valence-corrected chi connectivity index (χ0v) is 10.7. The standard InChI is InChI=1S/C13H26N2O/c1-13(10-14,12-6-7-16-9-12)15(2)8-11-4-3-5-11/h11-12H,3-10,14H2,1-2H3. The summed E-state index contributed by atoms with van der Waals surface area (Å²) in [5, 5.41) is 0. The summed E-state index contributed by atoms with van der Waals surface area (Å²) in [6.07, 6.45) is 5.41. The van der Waals surface area contributed by atoms with Crippen molar-refractivity contribution >= 4 is 0 Å². The fraction of sp³-hybridized carbons (Fsp3) is 1.00. The Morgan fingerprint density at radius 2 is 2.12 bits per heavy atom. The van der Waals surface area contributed by atoms with Crippen molar-refractivity contribution in [3.63, 3.8) is 0 Å². The lowest BCUT2D eigenvalue weighted by Gasteiger charge is -2.45. The Kier molecular flexibility index (Phi) is 3.88. The smallest absolute Gasteiger partial charge is 0.0513 e. The minimum absolute atomic E-state index is 0.131. The Balaban J connectivity index is 1.94. The summed E-state index contributed by atoms with van der Waals surface area (Å²) in [5.41, 5.74) is 6.16. The van der Waals surface area contributed by atoms with Crippen LogP contribution in [0.4, 0.5) is 0 Å². The molecule has 1 saturated carbocycles. The van der Waals surface area contributed by atoms with Crippen molar-refractivity contribution in [2.45, 2.75) is 38.1 Å². The van der Waals surface area contributed by atoms with Crippen LogP contribution in [0.1, 0.15) is 32.6 Å².